The van der Waals surface area contributed by atoms with Crippen molar-refractivity contribution in [2.24, 2.45) is 5.41 Å². The van der Waals surface area contributed by atoms with E-state index in [0.29, 0.717) is 22.3 Å². The Kier molecular flexibility index (Phi) is 8.31. The minimum atomic E-state index is -2.80. The molecule has 0 aliphatic carbocycles. The fourth-order valence-corrected chi connectivity index (χ4v) is 8.93. The summed E-state index contributed by atoms with van der Waals surface area (Å²) in [5.74, 6) is 6.72. The van der Waals surface area contributed by atoms with E-state index < -0.39 is 38.8 Å². The molecule has 7 rings (SSSR count). The van der Waals surface area contributed by atoms with E-state index in [0.717, 1.165) is 26.4 Å². The number of furan rings is 1. The molecule has 0 bridgehead atoms. The third kappa shape index (κ3) is 8.59. The van der Waals surface area contributed by atoms with Crippen molar-refractivity contribution >= 4 is 39.6 Å². The van der Waals surface area contributed by atoms with Crippen LogP contribution in [0.15, 0.2) is 108 Å². The summed E-state index contributed by atoms with van der Waals surface area (Å²) in [5.41, 5.74) is 2.48. The molecule has 0 atom stereocenters. The molecule has 0 aliphatic heterocycles. The van der Waals surface area contributed by atoms with E-state index in [1.165, 1.54) is 24.4 Å². The van der Waals surface area contributed by atoms with Crippen molar-refractivity contribution in [3.8, 4) is 39.7 Å². The van der Waals surface area contributed by atoms with Crippen LogP contribution < -0.4 is 4.40 Å². The van der Waals surface area contributed by atoms with Gasteiger partial charge in [-0.25, -0.2) is 0 Å². The Labute approximate surface area is 331 Å². The number of pyridine rings is 2. The van der Waals surface area contributed by atoms with Crippen LogP contribution in [0.1, 0.15) is 55.4 Å². The van der Waals surface area contributed by atoms with Crippen molar-refractivity contribution in [3.05, 3.63) is 138 Å². The molecule has 1 radical (unpaired) electrons. The van der Waals surface area contributed by atoms with Crippen LogP contribution in [-0.2, 0) is 26.5 Å². The van der Waals surface area contributed by atoms with Gasteiger partial charge in [-0.3, -0.25) is 0 Å². The first kappa shape index (κ1) is 27.3. The van der Waals surface area contributed by atoms with Gasteiger partial charge in [-0.05, 0) is 17.2 Å². The number of hydrogen-bond donors (Lipinski definition) is 0. The molecular formula is C45H43GeIrN3O-2. The smallest absolute Gasteiger partial charge is 0.0160 e. The Balaban J connectivity index is 0.000000447. The van der Waals surface area contributed by atoms with Crippen LogP contribution in [0, 0.1) is 42.6 Å². The summed E-state index contributed by atoms with van der Waals surface area (Å²) in [4.78, 5) is 8.73. The number of benzene rings is 4. The van der Waals surface area contributed by atoms with Crippen LogP contribution in [0.5, 0.6) is 0 Å². The van der Waals surface area contributed by atoms with E-state index in [1.807, 2.05) is 54.6 Å². The van der Waals surface area contributed by atoms with Crippen LogP contribution in [0.25, 0.3) is 55.6 Å². The number of nitriles is 1. The quantitative estimate of drug-likeness (QED) is 0.127. The zero-order valence-corrected chi connectivity index (χ0v) is 33.8. The van der Waals surface area contributed by atoms with Gasteiger partial charge in [-0.15, -0.1) is 35.9 Å². The first-order valence-corrected chi connectivity index (χ1v) is 23.6. The molecule has 4 aromatic carbocycles. The third-order valence-electron chi connectivity index (χ3n) is 8.02. The van der Waals surface area contributed by atoms with E-state index in [2.05, 4.69) is 45.4 Å². The second kappa shape index (κ2) is 15.5. The van der Waals surface area contributed by atoms with E-state index in [9.17, 15) is 5.26 Å². The fourth-order valence-electron chi connectivity index (χ4n) is 5.77. The maximum Gasteiger partial charge on any atom is 0.0160 e. The second-order valence-corrected chi connectivity index (χ2v) is 24.7. The molecule has 0 N–H and O–H groups in total. The summed E-state index contributed by atoms with van der Waals surface area (Å²) >= 11 is -2.53. The Morgan fingerprint density at radius 3 is 2.39 bits per heavy atom. The van der Waals surface area contributed by atoms with Crippen LogP contribution in [0.3, 0.4) is 0 Å². The molecule has 7 aromatic rings. The van der Waals surface area contributed by atoms with Crippen molar-refractivity contribution in [2.45, 2.75) is 58.1 Å². The number of rotatable bonds is 5. The predicted octanol–water partition coefficient (Wildman–Crippen LogP) is 11.3. The van der Waals surface area contributed by atoms with Gasteiger partial charge in [0.2, 0.25) is 0 Å². The van der Waals surface area contributed by atoms with Gasteiger partial charge in [0.05, 0.1) is 0 Å². The summed E-state index contributed by atoms with van der Waals surface area (Å²) < 4.78 is 84.0. The van der Waals surface area contributed by atoms with Gasteiger partial charge < -0.3 is 4.98 Å². The Bertz CT molecular complexity index is 2680. The summed E-state index contributed by atoms with van der Waals surface area (Å²) in [6.07, 6.45) is 0.967. The molecule has 4 nitrogen and oxygen atoms in total. The van der Waals surface area contributed by atoms with Gasteiger partial charge in [-0.2, -0.15) is 0 Å². The first-order valence-electron chi connectivity index (χ1n) is 20.8. The fraction of sp³-hybridized carbons (Fsp3) is 0.222. The molecule has 0 unspecified atom stereocenters. The van der Waals surface area contributed by atoms with Gasteiger partial charge in [0, 0.05) is 29.0 Å². The molecule has 3 aromatic heterocycles. The molecule has 51 heavy (non-hydrogen) atoms. The summed E-state index contributed by atoms with van der Waals surface area (Å²) in [5, 5.41) is 11.2. The standard InChI is InChI=1S/C34H35GeN2O.C11H8N.Ir/c1-21-15-23(18-34(3,4)5)9-11-25(21)28-17-30(37-20-22(28)2)26-13-14-29(35(6,7)8)32-27-12-10-24(19-36)16-31(27)38-33(26)32;1-2-6-10(7-3-1)11-8-4-5-9-12-11;/h9-12,14-17,20H,18H2,1-8H3;1-6,8-9H;/q2*-1;/i1D3,2D3,11D,18D2;;. The molecule has 0 saturated heterocycles. The van der Waals surface area contributed by atoms with E-state index in [-0.39, 0.29) is 59.7 Å². The Morgan fingerprint density at radius 1 is 0.922 bits per heavy atom. The zero-order valence-electron chi connectivity index (χ0n) is 38.3. The topological polar surface area (TPSA) is 62.7 Å². The number of aromatic nitrogens is 2. The Morgan fingerprint density at radius 2 is 1.73 bits per heavy atom. The summed E-state index contributed by atoms with van der Waals surface area (Å²) in [7, 11) is 0. The zero-order chi connectivity index (χ0) is 43.3. The maximum atomic E-state index is 9.50. The normalized spacial score (nSPS) is 14.8. The minimum absolute atomic E-state index is 0. The molecule has 0 aliphatic rings. The molecule has 0 saturated carbocycles. The molecule has 3 heterocycles. The van der Waals surface area contributed by atoms with E-state index in [4.69, 9.17) is 16.8 Å². The number of aryl methyl sites for hydroxylation is 2. The van der Waals surface area contributed by atoms with Crippen molar-refractivity contribution in [2.75, 3.05) is 0 Å². The van der Waals surface area contributed by atoms with Crippen molar-refractivity contribution in [1.82, 2.24) is 9.97 Å². The second-order valence-electron chi connectivity index (χ2n) is 14.1. The van der Waals surface area contributed by atoms with Crippen LogP contribution in [-0.4, -0.2) is 23.2 Å². The van der Waals surface area contributed by atoms with Crippen molar-refractivity contribution in [1.29, 1.82) is 5.26 Å². The molecular weight excluding hydrogens is 863 g/mol. The van der Waals surface area contributed by atoms with Crippen molar-refractivity contribution < 1.29 is 36.9 Å². The SMILES string of the molecule is [2H]c1cc(C([2H])([2H])C(C)(C)C)cc(C([2H])([2H])[2H])c1-c1cc(-c2[c-]c[c]([Ge]([CH3])([CH3])[CH3])c3c2oc2cc(C#N)ccc23)ncc1C([2H])([2H])[2H].[Ir].[c-]1ccccc1-c1ccccn1. The largest absolute Gasteiger partial charge is 0.305 e. The molecule has 259 valence electrons. The molecule has 0 amide bonds. The minimum Gasteiger partial charge on any atom is -0.305 e. The first-order chi connectivity index (χ1) is 27.4. The average Bonchev–Trinajstić information content (AvgIpc) is 3.55. The number of fused-ring (bicyclic) bond motifs is 3. The number of hydrogen-bond acceptors (Lipinski definition) is 4. The van der Waals surface area contributed by atoms with E-state index in [1.54, 1.807) is 39.1 Å². The van der Waals surface area contributed by atoms with Gasteiger partial charge in [-0.1, -0.05) is 32.9 Å². The average molecular weight is 916 g/mol. The Hall–Kier alpha value is -4.34. The van der Waals surface area contributed by atoms with Crippen molar-refractivity contribution in [3.63, 3.8) is 0 Å². The van der Waals surface area contributed by atoms with Crippen LogP contribution in [0.2, 0.25) is 17.3 Å². The summed E-state index contributed by atoms with van der Waals surface area (Å²) in [6.45, 7) is -0.458. The van der Waals surface area contributed by atoms with E-state index >= 15 is 0 Å². The van der Waals surface area contributed by atoms with Gasteiger partial charge >= 0.3 is 213 Å². The predicted molar refractivity (Wildman–Crippen MR) is 210 cm³/mol. The molecule has 6 heteroatoms. The molecule has 0 fully saturated rings. The van der Waals surface area contributed by atoms with Gasteiger partial charge in [0.15, 0.2) is 0 Å². The monoisotopic (exact) mass is 917 g/mol. The third-order valence-corrected chi connectivity index (χ3v) is 12.2. The molecule has 0 spiro atoms. The van der Waals surface area contributed by atoms with Crippen LogP contribution in [0.4, 0.5) is 0 Å². The van der Waals surface area contributed by atoms with Gasteiger partial charge in [0.1, 0.15) is 0 Å². The number of nitrogens with zero attached hydrogens (tertiary/aromatic N) is 3. The van der Waals surface area contributed by atoms with Crippen LogP contribution >= 0.6 is 0 Å². The van der Waals surface area contributed by atoms with Gasteiger partial charge in [0.25, 0.3) is 0 Å². The maximum absolute atomic E-state index is 9.50. The summed E-state index contributed by atoms with van der Waals surface area (Å²) in [6, 6.07) is 33.1.